The first-order valence-corrected chi connectivity index (χ1v) is 12.4. The first-order chi connectivity index (χ1) is 15.6. The van der Waals surface area contributed by atoms with Gasteiger partial charge in [0.2, 0.25) is 5.91 Å². The van der Waals surface area contributed by atoms with E-state index in [9.17, 15) is 9.59 Å². The van der Waals surface area contributed by atoms with Crippen LogP contribution in [0.3, 0.4) is 0 Å². The molecule has 7 heteroatoms. The summed E-state index contributed by atoms with van der Waals surface area (Å²) in [5, 5.41) is 6.11. The Labute approximate surface area is 193 Å². The number of hydrogen-bond acceptors (Lipinski definition) is 6. The molecule has 1 N–H and O–H groups in total. The second kappa shape index (κ2) is 8.77. The molecule has 2 heterocycles. The lowest BCUT2D eigenvalue weighted by molar-refractivity contribution is -0.136. The molecule has 1 aromatic rings. The normalized spacial score (nSPS) is 28.4. The van der Waals surface area contributed by atoms with Crippen molar-refractivity contribution in [2.24, 2.45) is 16.8 Å². The van der Waals surface area contributed by atoms with Crippen LogP contribution in [0.1, 0.15) is 57.1 Å². The number of rotatable bonds is 6. The van der Waals surface area contributed by atoms with E-state index < -0.39 is 0 Å². The van der Waals surface area contributed by atoms with Gasteiger partial charge in [0.15, 0.2) is 5.17 Å². The molecule has 2 saturated carbocycles. The van der Waals surface area contributed by atoms with Crippen molar-refractivity contribution in [3.05, 3.63) is 58.3 Å². The standard InChI is InChI=1S/C25H29N3O3S/c1-3-19-22(24(30)31-2)23(16-7-5-4-6-8-16)28-18(14-32-25(28)27-19)13-21(29)26-20-12-15-9-10-17(20)11-15/h4-8,14-15,17,20,23H,3,9-13H2,1-2H3,(H,26,29)/t15-,17-,20-,23+/m0/s1. The molecule has 0 spiro atoms. The van der Waals surface area contributed by atoms with Gasteiger partial charge in [0.1, 0.15) is 0 Å². The average molecular weight is 452 g/mol. The number of benzene rings is 1. The number of aliphatic imine (C=N–C) groups is 1. The zero-order valence-corrected chi connectivity index (χ0v) is 19.4. The number of hydrogen-bond donors (Lipinski definition) is 1. The molecule has 2 fully saturated rings. The summed E-state index contributed by atoms with van der Waals surface area (Å²) in [5.41, 5.74) is 3.14. The van der Waals surface area contributed by atoms with Gasteiger partial charge in [-0.3, -0.25) is 4.79 Å². The Morgan fingerprint density at radius 3 is 2.69 bits per heavy atom. The van der Waals surface area contributed by atoms with Gasteiger partial charge < -0.3 is 15.0 Å². The van der Waals surface area contributed by atoms with Crippen molar-refractivity contribution >= 4 is 28.8 Å². The van der Waals surface area contributed by atoms with Gasteiger partial charge in [0.25, 0.3) is 0 Å². The molecular formula is C25H29N3O3S. The number of methoxy groups -OCH3 is 1. The minimum absolute atomic E-state index is 0.0485. The SMILES string of the molecule is CCC1=C(C(=O)OC)[C@@H](c2ccccc2)N2C(CC(=O)N[C@H]3C[C@H]4CC[C@H]3C4)=CSC2=N1. The molecule has 1 amide bonds. The summed E-state index contributed by atoms with van der Waals surface area (Å²) in [5.74, 6) is 1.10. The fourth-order valence-electron chi connectivity index (χ4n) is 5.71. The van der Waals surface area contributed by atoms with Crippen LogP contribution in [-0.2, 0) is 14.3 Å². The number of amides is 1. The molecule has 4 aliphatic rings. The highest BCUT2D eigenvalue weighted by Gasteiger charge is 2.43. The third-order valence-electron chi connectivity index (χ3n) is 7.17. The summed E-state index contributed by atoms with van der Waals surface area (Å²) in [6.07, 6.45) is 5.83. The number of nitrogens with one attached hydrogen (secondary N) is 1. The minimum Gasteiger partial charge on any atom is -0.466 e. The molecule has 4 atom stereocenters. The lowest BCUT2D eigenvalue weighted by atomic mass is 9.92. The van der Waals surface area contributed by atoms with Crippen LogP contribution in [0.15, 0.2) is 57.7 Å². The monoisotopic (exact) mass is 451 g/mol. The quantitative estimate of drug-likeness (QED) is 0.644. The van der Waals surface area contributed by atoms with Crippen LogP contribution in [0.25, 0.3) is 0 Å². The van der Waals surface area contributed by atoms with Crippen LogP contribution in [0.4, 0.5) is 0 Å². The summed E-state index contributed by atoms with van der Waals surface area (Å²) in [6, 6.07) is 9.88. The van der Waals surface area contributed by atoms with Crippen molar-refractivity contribution < 1.29 is 14.3 Å². The average Bonchev–Trinajstić information content (AvgIpc) is 3.54. The highest BCUT2D eigenvalue weighted by atomic mass is 32.2. The summed E-state index contributed by atoms with van der Waals surface area (Å²) in [7, 11) is 1.40. The van der Waals surface area contributed by atoms with E-state index in [1.807, 2.05) is 47.6 Å². The van der Waals surface area contributed by atoms with Gasteiger partial charge in [-0.05, 0) is 48.5 Å². The Balaban J connectivity index is 1.42. The van der Waals surface area contributed by atoms with Gasteiger partial charge in [-0.2, -0.15) is 0 Å². The van der Waals surface area contributed by atoms with E-state index in [0.29, 0.717) is 24.0 Å². The molecule has 32 heavy (non-hydrogen) atoms. The Kier molecular flexibility index (Phi) is 5.84. The zero-order valence-electron chi connectivity index (χ0n) is 18.5. The van der Waals surface area contributed by atoms with Crippen molar-refractivity contribution in [2.75, 3.05) is 7.11 Å². The predicted molar refractivity (Wildman–Crippen MR) is 125 cm³/mol. The number of amidine groups is 1. The first kappa shape index (κ1) is 21.3. The number of nitrogens with zero attached hydrogens (tertiary/aromatic N) is 2. The molecule has 6 nitrogen and oxygen atoms in total. The van der Waals surface area contributed by atoms with Crippen LogP contribution >= 0.6 is 11.8 Å². The maximum Gasteiger partial charge on any atom is 0.338 e. The van der Waals surface area contributed by atoms with Crippen molar-refractivity contribution in [1.29, 1.82) is 0 Å². The van der Waals surface area contributed by atoms with E-state index in [1.54, 1.807) is 0 Å². The summed E-state index contributed by atoms with van der Waals surface area (Å²) in [6.45, 7) is 2.00. The van der Waals surface area contributed by atoms with Crippen LogP contribution < -0.4 is 5.32 Å². The van der Waals surface area contributed by atoms with E-state index >= 15 is 0 Å². The Morgan fingerprint density at radius 2 is 2.03 bits per heavy atom. The Morgan fingerprint density at radius 1 is 1.22 bits per heavy atom. The second-order valence-electron chi connectivity index (χ2n) is 9.04. The lowest BCUT2D eigenvalue weighted by Gasteiger charge is -2.36. The zero-order chi connectivity index (χ0) is 22.2. The fraction of sp³-hybridized carbons (Fsp3) is 0.480. The molecule has 2 aliphatic carbocycles. The third-order valence-corrected chi connectivity index (χ3v) is 8.06. The van der Waals surface area contributed by atoms with E-state index in [1.165, 1.54) is 38.1 Å². The number of ether oxygens (including phenoxy) is 1. The Hall–Kier alpha value is -2.54. The number of fused-ring (bicyclic) bond motifs is 3. The smallest absolute Gasteiger partial charge is 0.338 e. The van der Waals surface area contributed by atoms with E-state index in [-0.39, 0.29) is 24.3 Å². The molecule has 5 rings (SSSR count). The predicted octanol–water partition coefficient (Wildman–Crippen LogP) is 4.52. The van der Waals surface area contributed by atoms with Crippen molar-refractivity contribution in [1.82, 2.24) is 10.2 Å². The maximum absolute atomic E-state index is 13.0. The summed E-state index contributed by atoms with van der Waals surface area (Å²) >= 11 is 1.52. The van der Waals surface area contributed by atoms with Crippen LogP contribution in [0, 0.1) is 11.8 Å². The van der Waals surface area contributed by atoms with Gasteiger partial charge in [-0.15, -0.1) is 0 Å². The molecule has 2 aliphatic heterocycles. The van der Waals surface area contributed by atoms with Crippen molar-refractivity contribution in [3.63, 3.8) is 0 Å². The van der Waals surface area contributed by atoms with Gasteiger partial charge in [0, 0.05) is 11.7 Å². The summed E-state index contributed by atoms with van der Waals surface area (Å²) in [4.78, 5) is 32.7. The van der Waals surface area contributed by atoms with Gasteiger partial charge in [-0.25, -0.2) is 9.79 Å². The number of thioether (sulfide) groups is 1. The van der Waals surface area contributed by atoms with Crippen molar-refractivity contribution in [2.45, 2.75) is 57.5 Å². The fourth-order valence-corrected chi connectivity index (χ4v) is 6.64. The van der Waals surface area contributed by atoms with E-state index in [2.05, 4.69) is 5.32 Å². The van der Waals surface area contributed by atoms with Crippen LogP contribution in [0.2, 0.25) is 0 Å². The molecule has 2 bridgehead atoms. The largest absolute Gasteiger partial charge is 0.466 e. The van der Waals surface area contributed by atoms with Crippen molar-refractivity contribution in [3.8, 4) is 0 Å². The van der Waals surface area contributed by atoms with E-state index in [4.69, 9.17) is 9.73 Å². The number of carbonyl (C=O) groups excluding carboxylic acids is 2. The molecule has 0 unspecified atom stereocenters. The number of carbonyl (C=O) groups is 2. The summed E-state index contributed by atoms with van der Waals surface area (Å²) < 4.78 is 5.16. The van der Waals surface area contributed by atoms with Gasteiger partial charge >= 0.3 is 5.97 Å². The topological polar surface area (TPSA) is 71.0 Å². The second-order valence-corrected chi connectivity index (χ2v) is 9.87. The van der Waals surface area contributed by atoms with Gasteiger partial charge in [0.05, 0.1) is 30.8 Å². The molecule has 0 saturated heterocycles. The number of esters is 1. The third kappa shape index (κ3) is 3.76. The Bertz CT molecular complexity index is 1020. The van der Waals surface area contributed by atoms with Gasteiger partial charge in [-0.1, -0.05) is 55.4 Å². The molecule has 168 valence electrons. The van der Waals surface area contributed by atoms with E-state index in [0.717, 1.165) is 34.5 Å². The lowest BCUT2D eigenvalue weighted by Crippen LogP contribution is -2.41. The molecule has 0 aromatic heterocycles. The molecule has 1 aromatic carbocycles. The van der Waals surface area contributed by atoms with Crippen LogP contribution in [0.5, 0.6) is 0 Å². The highest BCUT2D eigenvalue weighted by molar-refractivity contribution is 8.16. The number of allylic oxidation sites excluding steroid dienone is 1. The molecule has 0 radical (unpaired) electrons. The highest BCUT2D eigenvalue weighted by Crippen LogP contribution is 2.46. The first-order valence-electron chi connectivity index (χ1n) is 11.5. The van der Waals surface area contributed by atoms with Crippen LogP contribution in [-0.4, -0.2) is 35.1 Å². The minimum atomic E-state index is -0.374. The maximum atomic E-state index is 13.0. The molecular weight excluding hydrogens is 422 g/mol.